The lowest BCUT2D eigenvalue weighted by molar-refractivity contribution is 1.11. The van der Waals surface area contributed by atoms with Crippen LogP contribution in [0.4, 0.5) is 0 Å². The fraction of sp³-hybridized carbons (Fsp3) is 0.0556. The molecule has 0 aliphatic heterocycles. The molecular formula is C36H26N4. The van der Waals surface area contributed by atoms with Crippen molar-refractivity contribution in [2.45, 2.75) is 13.8 Å². The number of hydrogen-bond acceptors (Lipinski definition) is 2. The Balaban J connectivity index is 1.18. The molecule has 0 aliphatic rings. The molecule has 0 bridgehead atoms. The number of para-hydroxylation sites is 3. The van der Waals surface area contributed by atoms with E-state index in [4.69, 9.17) is 0 Å². The van der Waals surface area contributed by atoms with Crippen LogP contribution in [0.1, 0.15) is 11.1 Å². The summed E-state index contributed by atoms with van der Waals surface area (Å²) < 4.78 is 4.54. The molecule has 0 saturated carbocycles. The van der Waals surface area contributed by atoms with E-state index < -0.39 is 0 Å². The molecule has 0 spiro atoms. The van der Waals surface area contributed by atoms with Gasteiger partial charge in [-0.15, -0.1) is 10.2 Å². The molecule has 0 unspecified atom stereocenters. The van der Waals surface area contributed by atoms with Crippen LogP contribution in [0.3, 0.4) is 0 Å². The van der Waals surface area contributed by atoms with Gasteiger partial charge in [0.1, 0.15) is 0 Å². The van der Waals surface area contributed by atoms with E-state index in [1.54, 1.807) is 0 Å². The Morgan fingerprint density at radius 3 is 1.57 bits per heavy atom. The van der Waals surface area contributed by atoms with E-state index in [1.165, 1.54) is 43.9 Å². The number of benzene rings is 5. The van der Waals surface area contributed by atoms with Crippen molar-refractivity contribution in [3.8, 4) is 28.2 Å². The molecule has 4 nitrogen and oxygen atoms in total. The maximum absolute atomic E-state index is 4.62. The normalized spacial score (nSPS) is 11.8. The average Bonchev–Trinajstić information content (AvgIpc) is 3.61. The summed E-state index contributed by atoms with van der Waals surface area (Å²) >= 11 is 0. The molecule has 0 amide bonds. The lowest BCUT2D eigenvalue weighted by Crippen LogP contribution is -1.97. The predicted octanol–water partition coefficient (Wildman–Crippen LogP) is 8.93. The SMILES string of the molecule is Cc1c(C)c2nnc(-c3ccc(-c4ccc(-n5c6ccccc6c6ccccc65)cc4)cc3)n2c2ccccc12. The number of rotatable bonds is 3. The van der Waals surface area contributed by atoms with E-state index in [2.05, 4.69) is 154 Å². The van der Waals surface area contributed by atoms with Gasteiger partial charge in [0.2, 0.25) is 0 Å². The van der Waals surface area contributed by atoms with Gasteiger partial charge in [0.15, 0.2) is 11.5 Å². The number of aryl methyl sites for hydroxylation is 2. The molecule has 3 heterocycles. The van der Waals surface area contributed by atoms with Crippen molar-refractivity contribution in [3.63, 3.8) is 0 Å². The first kappa shape index (κ1) is 22.7. The zero-order valence-corrected chi connectivity index (χ0v) is 22.3. The van der Waals surface area contributed by atoms with Gasteiger partial charge in [0.25, 0.3) is 0 Å². The second kappa shape index (κ2) is 8.65. The largest absolute Gasteiger partial charge is 0.309 e. The summed E-state index contributed by atoms with van der Waals surface area (Å²) in [7, 11) is 0. The Morgan fingerprint density at radius 2 is 0.950 bits per heavy atom. The molecule has 0 saturated heterocycles. The number of fused-ring (bicyclic) bond motifs is 6. The Labute approximate surface area is 231 Å². The Kier molecular flexibility index (Phi) is 4.92. The van der Waals surface area contributed by atoms with Gasteiger partial charge in [-0.05, 0) is 66.4 Å². The molecule has 0 radical (unpaired) electrons. The van der Waals surface area contributed by atoms with Gasteiger partial charge in [0.05, 0.1) is 16.6 Å². The maximum Gasteiger partial charge on any atom is 0.168 e. The Bertz CT molecular complexity index is 2160. The molecule has 190 valence electrons. The highest BCUT2D eigenvalue weighted by atomic mass is 15.2. The highest BCUT2D eigenvalue weighted by Crippen LogP contribution is 2.33. The van der Waals surface area contributed by atoms with E-state index >= 15 is 0 Å². The zero-order chi connectivity index (χ0) is 26.8. The predicted molar refractivity (Wildman–Crippen MR) is 165 cm³/mol. The zero-order valence-electron chi connectivity index (χ0n) is 22.3. The molecule has 8 rings (SSSR count). The van der Waals surface area contributed by atoms with Gasteiger partial charge in [-0.3, -0.25) is 4.40 Å². The molecule has 5 aromatic carbocycles. The molecule has 0 N–H and O–H groups in total. The van der Waals surface area contributed by atoms with Crippen LogP contribution < -0.4 is 0 Å². The maximum atomic E-state index is 4.62. The molecule has 0 atom stereocenters. The van der Waals surface area contributed by atoms with Crippen molar-refractivity contribution in [1.82, 2.24) is 19.2 Å². The Hall–Kier alpha value is -5.22. The summed E-state index contributed by atoms with van der Waals surface area (Å²) in [5.41, 5.74) is 11.5. The lowest BCUT2D eigenvalue weighted by atomic mass is 10.0. The summed E-state index contributed by atoms with van der Waals surface area (Å²) in [5.74, 6) is 0.863. The van der Waals surface area contributed by atoms with Crippen molar-refractivity contribution in [2.24, 2.45) is 0 Å². The summed E-state index contributed by atoms with van der Waals surface area (Å²) in [4.78, 5) is 0. The van der Waals surface area contributed by atoms with E-state index in [1.807, 2.05) is 0 Å². The number of pyridine rings is 1. The third-order valence-corrected chi connectivity index (χ3v) is 8.29. The highest BCUT2D eigenvalue weighted by Gasteiger charge is 2.16. The molecule has 8 aromatic rings. The fourth-order valence-corrected chi connectivity index (χ4v) is 6.11. The summed E-state index contributed by atoms with van der Waals surface area (Å²) in [6, 6.07) is 43.2. The van der Waals surface area contributed by atoms with Gasteiger partial charge in [0, 0.05) is 27.4 Å². The van der Waals surface area contributed by atoms with E-state index in [9.17, 15) is 0 Å². The second-order valence-corrected chi connectivity index (χ2v) is 10.4. The second-order valence-electron chi connectivity index (χ2n) is 10.4. The molecule has 4 heteroatoms. The fourth-order valence-electron chi connectivity index (χ4n) is 6.11. The van der Waals surface area contributed by atoms with Crippen LogP contribution >= 0.6 is 0 Å². The van der Waals surface area contributed by atoms with Crippen LogP contribution in [0.2, 0.25) is 0 Å². The summed E-state index contributed by atoms with van der Waals surface area (Å²) in [6.07, 6.45) is 0. The van der Waals surface area contributed by atoms with Crippen molar-refractivity contribution in [1.29, 1.82) is 0 Å². The minimum Gasteiger partial charge on any atom is -0.309 e. The van der Waals surface area contributed by atoms with Crippen LogP contribution in [0, 0.1) is 13.8 Å². The van der Waals surface area contributed by atoms with Crippen LogP contribution in [-0.4, -0.2) is 19.2 Å². The summed E-state index contributed by atoms with van der Waals surface area (Å²) in [5, 5.41) is 13.0. The molecule has 40 heavy (non-hydrogen) atoms. The molecule has 0 fully saturated rings. The van der Waals surface area contributed by atoms with E-state index in [-0.39, 0.29) is 0 Å². The first-order valence-electron chi connectivity index (χ1n) is 13.6. The van der Waals surface area contributed by atoms with E-state index in [0.717, 1.165) is 33.8 Å². The van der Waals surface area contributed by atoms with Crippen LogP contribution in [0.15, 0.2) is 121 Å². The van der Waals surface area contributed by atoms with Gasteiger partial charge in [-0.2, -0.15) is 0 Å². The highest BCUT2D eigenvalue weighted by molar-refractivity contribution is 6.09. The standard InChI is InChI=1S/C36H26N4/c1-23-24(2)35-37-38-36(40(35)32-12-6-3-9-29(23)32)27-17-15-25(16-18-27)26-19-21-28(22-20-26)39-33-13-7-4-10-30(33)31-11-5-8-14-34(31)39/h3-22H,1-2H3. The first-order valence-corrected chi connectivity index (χ1v) is 13.6. The number of hydrogen-bond donors (Lipinski definition) is 0. The molecular weight excluding hydrogens is 488 g/mol. The van der Waals surface area contributed by atoms with Gasteiger partial charge >= 0.3 is 0 Å². The topological polar surface area (TPSA) is 35.1 Å². The monoisotopic (exact) mass is 514 g/mol. The lowest BCUT2D eigenvalue weighted by Gasteiger charge is -2.11. The van der Waals surface area contributed by atoms with Crippen LogP contribution in [-0.2, 0) is 0 Å². The van der Waals surface area contributed by atoms with Crippen molar-refractivity contribution >= 4 is 38.4 Å². The quantitative estimate of drug-likeness (QED) is 0.236. The third-order valence-electron chi connectivity index (χ3n) is 8.29. The van der Waals surface area contributed by atoms with Crippen molar-refractivity contribution < 1.29 is 0 Å². The van der Waals surface area contributed by atoms with Gasteiger partial charge < -0.3 is 4.57 Å². The van der Waals surface area contributed by atoms with Crippen LogP contribution in [0.5, 0.6) is 0 Å². The summed E-state index contributed by atoms with van der Waals surface area (Å²) in [6.45, 7) is 4.29. The van der Waals surface area contributed by atoms with Crippen molar-refractivity contribution in [2.75, 3.05) is 0 Å². The first-order chi connectivity index (χ1) is 19.7. The smallest absolute Gasteiger partial charge is 0.168 e. The minimum atomic E-state index is 0.863. The van der Waals surface area contributed by atoms with Crippen molar-refractivity contribution in [3.05, 3.63) is 132 Å². The number of nitrogens with zero attached hydrogens (tertiary/aromatic N) is 4. The Morgan fingerprint density at radius 1 is 0.450 bits per heavy atom. The molecule has 3 aromatic heterocycles. The van der Waals surface area contributed by atoms with Gasteiger partial charge in [-0.25, -0.2) is 0 Å². The van der Waals surface area contributed by atoms with Gasteiger partial charge in [-0.1, -0.05) is 91.0 Å². The molecule has 0 aliphatic carbocycles. The van der Waals surface area contributed by atoms with Crippen LogP contribution in [0.25, 0.3) is 66.6 Å². The average molecular weight is 515 g/mol. The van der Waals surface area contributed by atoms with E-state index in [0.29, 0.717) is 0 Å². The minimum absolute atomic E-state index is 0.863. The number of aromatic nitrogens is 4. The third kappa shape index (κ3) is 3.26.